The second-order valence-electron chi connectivity index (χ2n) is 0.478. The average Bonchev–Trinajstić information content (AvgIpc) is 1.56. The molecule has 6 heavy (non-hydrogen) atoms. The fraction of sp³-hybridized carbons (Fsp3) is 0.667. The zero-order valence-corrected chi connectivity index (χ0v) is 3.45. The van der Waals surface area contributed by atoms with Gasteiger partial charge in [-0.25, -0.2) is 0 Å². The van der Waals surface area contributed by atoms with Crippen LogP contribution in [0.4, 0.5) is 0 Å². The maximum Gasteiger partial charge on any atom is 0.247 e. The maximum absolute atomic E-state index is 10.2. The van der Waals surface area contributed by atoms with E-state index in [2.05, 4.69) is 16.3 Å². The molecule has 36 valence electrons. The second kappa shape index (κ2) is 3.12. The quantitative estimate of drug-likeness (QED) is 0.485. The van der Waals surface area contributed by atoms with Gasteiger partial charge in [0.2, 0.25) is 5.24 Å². The Morgan fingerprint density at radius 1 is 2.50 bits per heavy atom. The first-order valence-corrected chi connectivity index (χ1v) is 1.43. The molecule has 0 atom stereocenters. The van der Waals surface area contributed by atoms with Crippen LogP contribution in [0.3, 0.4) is 0 Å². The lowest BCUT2D eigenvalue weighted by Crippen LogP contribution is -1.95. The van der Waals surface area contributed by atoms with Gasteiger partial charge < -0.3 is 4.74 Å². The van der Waals surface area contributed by atoms with Crippen LogP contribution in [0.25, 0.3) is 0 Å². The van der Waals surface area contributed by atoms with Crippen LogP contribution < -0.4 is 0 Å². The van der Waals surface area contributed by atoms with Crippen molar-refractivity contribution in [3.63, 3.8) is 0 Å². The van der Waals surface area contributed by atoms with Gasteiger partial charge in [-0.2, -0.15) is 0 Å². The Balaban J connectivity index is 4.25. The van der Waals surface area contributed by atoms with Crippen molar-refractivity contribution in [2.75, 3.05) is 13.6 Å². The largest absolute Gasteiger partial charge is 0.376 e. The SMILES string of the molecule is [2H]C([2H])([2H])OC([2H])([2H])C(=O)Cl. The summed E-state index contributed by atoms with van der Waals surface area (Å²) in [5.74, 6) is 0. The molecule has 0 saturated carbocycles. The highest BCUT2D eigenvalue weighted by molar-refractivity contribution is 6.63. The Kier molecular flexibility index (Phi) is 0.758. The summed E-state index contributed by atoms with van der Waals surface area (Å²) in [4.78, 5) is 10.2. The molecule has 0 fully saturated rings. The molecule has 0 aliphatic rings. The fourth-order valence-corrected chi connectivity index (χ4v) is 0.0787. The van der Waals surface area contributed by atoms with Gasteiger partial charge in [0, 0.05) is 7.04 Å². The number of carbonyl (C=O) groups is 1. The monoisotopic (exact) mass is 113 g/mol. The molecular weight excluding hydrogens is 103 g/mol. The first-order valence-electron chi connectivity index (χ1n) is 3.55. The van der Waals surface area contributed by atoms with Crippen LogP contribution >= 0.6 is 11.6 Å². The molecule has 0 aromatic carbocycles. The van der Waals surface area contributed by atoms with Crippen molar-refractivity contribution in [2.45, 2.75) is 0 Å². The summed E-state index contributed by atoms with van der Waals surface area (Å²) >= 11 is 4.69. The van der Waals surface area contributed by atoms with Crippen molar-refractivity contribution < 1.29 is 16.4 Å². The summed E-state index contributed by atoms with van der Waals surface area (Å²) in [6, 6.07) is 0. The third kappa shape index (κ3) is 3.92. The van der Waals surface area contributed by atoms with Gasteiger partial charge in [0.1, 0.15) is 6.56 Å². The van der Waals surface area contributed by atoms with E-state index in [0.29, 0.717) is 0 Å². The van der Waals surface area contributed by atoms with Gasteiger partial charge in [-0.05, 0) is 11.6 Å². The van der Waals surface area contributed by atoms with Crippen LogP contribution in [0.5, 0.6) is 0 Å². The minimum atomic E-state index is -2.96. The molecule has 0 aromatic heterocycles. The zero-order valence-electron chi connectivity index (χ0n) is 7.69. The molecule has 3 heteroatoms. The van der Waals surface area contributed by atoms with Crippen LogP contribution in [0.15, 0.2) is 0 Å². The van der Waals surface area contributed by atoms with E-state index in [1.807, 2.05) is 0 Å². The molecule has 2 nitrogen and oxygen atoms in total. The third-order valence-electron chi connectivity index (χ3n) is 0.131. The number of rotatable bonds is 2. The van der Waals surface area contributed by atoms with Gasteiger partial charge in [0.15, 0.2) is 0 Å². The van der Waals surface area contributed by atoms with Crippen LogP contribution in [0.1, 0.15) is 6.85 Å². The Morgan fingerprint density at radius 2 is 3.17 bits per heavy atom. The highest BCUT2D eigenvalue weighted by Gasteiger charge is 1.87. The third-order valence-corrected chi connectivity index (χ3v) is 0.208. The van der Waals surface area contributed by atoms with Crippen molar-refractivity contribution in [1.82, 2.24) is 0 Å². The first-order chi connectivity index (χ1) is 4.65. The zero-order chi connectivity index (χ0) is 9.28. The van der Waals surface area contributed by atoms with E-state index in [4.69, 9.17) is 6.85 Å². The van der Waals surface area contributed by atoms with Crippen molar-refractivity contribution in [2.24, 2.45) is 0 Å². The smallest absolute Gasteiger partial charge is 0.247 e. The molecule has 0 radical (unpaired) electrons. The minimum absolute atomic E-state index is 1.49. The normalized spacial score (nSPS) is 25.2. The van der Waals surface area contributed by atoms with Gasteiger partial charge in [0.25, 0.3) is 0 Å². The number of hydrogen-bond acceptors (Lipinski definition) is 2. The molecule has 0 rings (SSSR count). The number of ether oxygens (including phenoxy) is 1. The van der Waals surface area contributed by atoms with Gasteiger partial charge in [-0.15, -0.1) is 0 Å². The van der Waals surface area contributed by atoms with Crippen LogP contribution in [0, 0.1) is 0 Å². The van der Waals surface area contributed by atoms with Gasteiger partial charge in [0.05, 0.1) is 6.85 Å². The lowest BCUT2D eigenvalue weighted by atomic mass is 10.8. The summed E-state index contributed by atoms with van der Waals surface area (Å²) in [6.45, 7) is -2.95. The predicted octanol–water partition coefficient (Wildman–Crippen LogP) is 0.398. The second-order valence-corrected chi connectivity index (χ2v) is 0.821. The highest BCUT2D eigenvalue weighted by Crippen LogP contribution is 1.76. The lowest BCUT2D eigenvalue weighted by molar-refractivity contribution is -0.114. The Hall–Kier alpha value is -0.0800. The van der Waals surface area contributed by atoms with E-state index in [0.717, 1.165) is 0 Å². The molecule has 0 aromatic rings. The Labute approximate surface area is 48.1 Å². The number of carbonyl (C=O) groups excluding carboxylic acids is 1. The van der Waals surface area contributed by atoms with Crippen molar-refractivity contribution in [3.05, 3.63) is 0 Å². The van der Waals surface area contributed by atoms with Gasteiger partial charge in [-0.3, -0.25) is 4.79 Å². The van der Waals surface area contributed by atoms with Crippen LogP contribution in [-0.4, -0.2) is 18.8 Å². The minimum Gasteiger partial charge on any atom is -0.376 e. The summed E-state index contributed by atoms with van der Waals surface area (Å²) in [6.07, 6.45) is 0. The molecule has 0 bridgehead atoms. The van der Waals surface area contributed by atoms with Gasteiger partial charge >= 0.3 is 0 Å². The molecular formula is C3H5ClO2. The highest BCUT2D eigenvalue weighted by atomic mass is 35.5. The molecule has 0 spiro atoms. The fourth-order valence-electron chi connectivity index (χ4n) is 0.0401. The van der Waals surface area contributed by atoms with E-state index >= 15 is 0 Å². The van der Waals surface area contributed by atoms with Gasteiger partial charge in [-0.1, -0.05) is 0 Å². The van der Waals surface area contributed by atoms with E-state index in [-0.39, 0.29) is 0 Å². The molecule has 0 amide bonds. The van der Waals surface area contributed by atoms with Crippen LogP contribution in [-0.2, 0) is 9.53 Å². The van der Waals surface area contributed by atoms with E-state index < -0.39 is 18.8 Å². The van der Waals surface area contributed by atoms with E-state index in [1.54, 1.807) is 0 Å². The number of methoxy groups -OCH3 is 1. The summed E-state index contributed by atoms with van der Waals surface area (Å²) < 4.78 is 36.3. The molecule has 0 heterocycles. The summed E-state index contributed by atoms with van der Waals surface area (Å²) in [5, 5.41) is -1.49. The predicted molar refractivity (Wildman–Crippen MR) is 22.7 cm³/mol. The molecule has 0 N–H and O–H groups in total. The van der Waals surface area contributed by atoms with Crippen molar-refractivity contribution in [3.8, 4) is 0 Å². The maximum atomic E-state index is 10.2. The molecule has 0 aliphatic heterocycles. The topological polar surface area (TPSA) is 26.3 Å². The molecule has 0 saturated heterocycles. The molecule has 0 unspecified atom stereocenters. The van der Waals surface area contributed by atoms with E-state index in [9.17, 15) is 4.79 Å². The number of hydrogen-bond donors (Lipinski definition) is 0. The Morgan fingerprint density at radius 3 is 3.33 bits per heavy atom. The van der Waals surface area contributed by atoms with E-state index in [1.165, 1.54) is 0 Å². The molecule has 0 aliphatic carbocycles. The lowest BCUT2D eigenvalue weighted by Gasteiger charge is -1.82. The summed E-state index contributed by atoms with van der Waals surface area (Å²) in [5.41, 5.74) is 0. The Bertz CT molecular complexity index is 164. The van der Waals surface area contributed by atoms with Crippen LogP contribution in [0.2, 0.25) is 0 Å². The number of halogens is 1. The average molecular weight is 114 g/mol. The summed E-state index contributed by atoms with van der Waals surface area (Å²) in [7, 11) is -2.96. The van der Waals surface area contributed by atoms with Crippen molar-refractivity contribution in [1.29, 1.82) is 0 Å². The first kappa shape index (κ1) is 1.46. The van der Waals surface area contributed by atoms with Crippen molar-refractivity contribution >= 4 is 16.8 Å². The standard InChI is InChI=1S/C3H5ClO2/c1-6-2-3(4)5/h2H2,1H3/i1D3,2D2.